The molecule has 0 radical (unpaired) electrons. The lowest BCUT2D eigenvalue weighted by atomic mass is 10.1. The highest BCUT2D eigenvalue weighted by Gasteiger charge is 2.18. The molecule has 140 valence electrons. The van der Waals surface area contributed by atoms with Gasteiger partial charge in [0.1, 0.15) is 5.75 Å². The Bertz CT molecular complexity index is 1020. The van der Waals surface area contributed by atoms with Crippen molar-refractivity contribution in [3.63, 3.8) is 0 Å². The molecule has 0 aliphatic rings. The minimum absolute atomic E-state index is 0.113. The normalized spacial score (nSPS) is 11.0. The highest BCUT2D eigenvalue weighted by molar-refractivity contribution is 5.75. The first-order chi connectivity index (χ1) is 12.9. The predicted molar refractivity (Wildman–Crippen MR) is 101 cm³/mol. The quantitative estimate of drug-likeness (QED) is 0.689. The van der Waals surface area contributed by atoms with E-state index in [9.17, 15) is 9.59 Å². The standard InChI is InChI=1S/C19H21N5O3/c1-11(2)15-9-8-14(19(26)21-15)18-22-17(10-16(20)25)23-24(18)12-4-6-13(27-3)7-5-12/h4-9,11H,10H2,1-3H3,(H2,20,25)(H,21,26). The number of methoxy groups -OCH3 is 1. The maximum atomic E-state index is 12.6. The van der Waals surface area contributed by atoms with E-state index in [1.165, 1.54) is 4.68 Å². The van der Waals surface area contributed by atoms with Gasteiger partial charge in [-0.2, -0.15) is 5.10 Å². The van der Waals surface area contributed by atoms with E-state index in [2.05, 4.69) is 15.1 Å². The van der Waals surface area contributed by atoms with Crippen LogP contribution in [-0.4, -0.2) is 32.8 Å². The van der Waals surface area contributed by atoms with Crippen molar-refractivity contribution in [1.29, 1.82) is 0 Å². The van der Waals surface area contributed by atoms with Crippen LogP contribution in [-0.2, 0) is 11.2 Å². The van der Waals surface area contributed by atoms with Gasteiger partial charge in [0.25, 0.3) is 5.56 Å². The molecule has 0 fully saturated rings. The van der Waals surface area contributed by atoms with Crippen LogP contribution < -0.4 is 16.0 Å². The Hall–Kier alpha value is -3.42. The van der Waals surface area contributed by atoms with Crippen molar-refractivity contribution in [2.45, 2.75) is 26.2 Å². The third kappa shape index (κ3) is 3.89. The molecule has 0 bridgehead atoms. The fourth-order valence-corrected chi connectivity index (χ4v) is 2.67. The van der Waals surface area contributed by atoms with Crippen molar-refractivity contribution in [2.24, 2.45) is 5.73 Å². The van der Waals surface area contributed by atoms with Crippen LogP contribution in [0, 0.1) is 0 Å². The lowest BCUT2D eigenvalue weighted by Gasteiger charge is -2.08. The monoisotopic (exact) mass is 367 g/mol. The summed E-state index contributed by atoms with van der Waals surface area (Å²) in [5.41, 5.74) is 6.87. The van der Waals surface area contributed by atoms with Gasteiger partial charge in [-0.15, -0.1) is 0 Å². The number of aromatic nitrogens is 4. The average Bonchev–Trinajstić information content (AvgIpc) is 3.04. The van der Waals surface area contributed by atoms with E-state index >= 15 is 0 Å². The molecule has 3 rings (SSSR count). The number of aromatic amines is 1. The van der Waals surface area contributed by atoms with E-state index in [1.54, 1.807) is 37.4 Å². The molecule has 0 saturated heterocycles. The van der Waals surface area contributed by atoms with Crippen molar-refractivity contribution in [3.8, 4) is 22.8 Å². The Morgan fingerprint density at radius 1 is 1.22 bits per heavy atom. The molecule has 1 amide bonds. The van der Waals surface area contributed by atoms with Crippen LogP contribution >= 0.6 is 0 Å². The second-order valence-corrected chi connectivity index (χ2v) is 6.42. The molecule has 8 heteroatoms. The first kappa shape index (κ1) is 18.4. The summed E-state index contributed by atoms with van der Waals surface area (Å²) < 4.78 is 6.70. The highest BCUT2D eigenvalue weighted by atomic mass is 16.5. The number of carbonyl (C=O) groups is 1. The van der Waals surface area contributed by atoms with Crippen molar-refractivity contribution >= 4 is 5.91 Å². The summed E-state index contributed by atoms with van der Waals surface area (Å²) in [5.74, 6) is 0.930. The van der Waals surface area contributed by atoms with Gasteiger partial charge in [0.15, 0.2) is 11.6 Å². The molecule has 0 spiro atoms. The van der Waals surface area contributed by atoms with Crippen LogP contribution in [0.2, 0.25) is 0 Å². The van der Waals surface area contributed by atoms with E-state index < -0.39 is 5.91 Å². The lowest BCUT2D eigenvalue weighted by molar-refractivity contribution is -0.117. The molecule has 0 aliphatic carbocycles. The predicted octanol–water partition coefficient (Wildman–Crippen LogP) is 1.78. The van der Waals surface area contributed by atoms with Crippen LogP contribution in [0.25, 0.3) is 17.1 Å². The molecular formula is C19H21N5O3. The molecular weight excluding hydrogens is 346 g/mol. The third-order valence-electron chi connectivity index (χ3n) is 4.10. The fraction of sp³-hybridized carbons (Fsp3) is 0.263. The van der Waals surface area contributed by atoms with Gasteiger partial charge in [-0.1, -0.05) is 13.8 Å². The van der Waals surface area contributed by atoms with Gasteiger partial charge in [0.05, 0.1) is 24.8 Å². The summed E-state index contributed by atoms with van der Waals surface area (Å²) in [6.45, 7) is 3.99. The number of primary amides is 1. The summed E-state index contributed by atoms with van der Waals surface area (Å²) >= 11 is 0. The Balaban J connectivity index is 2.14. The zero-order chi connectivity index (χ0) is 19.6. The molecule has 3 aromatic rings. The number of amides is 1. The van der Waals surface area contributed by atoms with Crippen molar-refractivity contribution in [2.75, 3.05) is 7.11 Å². The topological polar surface area (TPSA) is 116 Å². The number of nitrogens with one attached hydrogen (secondary N) is 1. The molecule has 0 atom stereocenters. The summed E-state index contributed by atoms with van der Waals surface area (Å²) in [4.78, 5) is 31.1. The molecule has 0 unspecified atom stereocenters. The SMILES string of the molecule is COc1ccc(-n2nc(CC(N)=O)nc2-c2ccc(C(C)C)[nH]c2=O)cc1. The van der Waals surface area contributed by atoms with Crippen molar-refractivity contribution in [1.82, 2.24) is 19.7 Å². The van der Waals surface area contributed by atoms with Crippen molar-refractivity contribution < 1.29 is 9.53 Å². The number of hydrogen-bond donors (Lipinski definition) is 2. The van der Waals surface area contributed by atoms with E-state index in [0.29, 0.717) is 22.8 Å². The van der Waals surface area contributed by atoms with Crippen LogP contribution in [0.3, 0.4) is 0 Å². The summed E-state index contributed by atoms with van der Waals surface area (Å²) in [6, 6.07) is 10.7. The van der Waals surface area contributed by atoms with E-state index in [-0.39, 0.29) is 23.7 Å². The third-order valence-corrected chi connectivity index (χ3v) is 4.10. The largest absolute Gasteiger partial charge is 0.497 e. The van der Waals surface area contributed by atoms with Gasteiger partial charge >= 0.3 is 0 Å². The number of rotatable bonds is 6. The van der Waals surface area contributed by atoms with E-state index in [0.717, 1.165) is 5.69 Å². The number of H-pyrrole nitrogens is 1. The molecule has 2 heterocycles. The summed E-state index contributed by atoms with van der Waals surface area (Å²) in [7, 11) is 1.58. The smallest absolute Gasteiger partial charge is 0.259 e. The second kappa shape index (κ2) is 7.45. The molecule has 27 heavy (non-hydrogen) atoms. The number of ether oxygens (including phenoxy) is 1. The first-order valence-electron chi connectivity index (χ1n) is 8.51. The first-order valence-corrected chi connectivity index (χ1v) is 8.51. The zero-order valence-corrected chi connectivity index (χ0v) is 15.4. The van der Waals surface area contributed by atoms with Crippen LogP contribution in [0.15, 0.2) is 41.2 Å². The van der Waals surface area contributed by atoms with Gasteiger partial charge in [-0.3, -0.25) is 9.59 Å². The number of benzene rings is 1. The number of hydrogen-bond acceptors (Lipinski definition) is 5. The van der Waals surface area contributed by atoms with E-state index in [4.69, 9.17) is 10.5 Å². The van der Waals surface area contributed by atoms with Gasteiger partial charge in [0.2, 0.25) is 5.91 Å². The van der Waals surface area contributed by atoms with Crippen LogP contribution in [0.1, 0.15) is 31.3 Å². The van der Waals surface area contributed by atoms with Gasteiger partial charge < -0.3 is 15.5 Å². The Kier molecular flexibility index (Phi) is 5.07. The van der Waals surface area contributed by atoms with E-state index in [1.807, 2.05) is 19.9 Å². The summed E-state index contributed by atoms with van der Waals surface area (Å²) in [6.07, 6.45) is -0.113. The fourth-order valence-electron chi connectivity index (χ4n) is 2.67. The maximum Gasteiger partial charge on any atom is 0.259 e. The van der Waals surface area contributed by atoms with Crippen LogP contribution in [0.5, 0.6) is 5.75 Å². The Labute approximate surface area is 156 Å². The summed E-state index contributed by atoms with van der Waals surface area (Å²) in [5, 5.41) is 4.36. The van der Waals surface area contributed by atoms with Crippen LogP contribution in [0.4, 0.5) is 0 Å². The second-order valence-electron chi connectivity index (χ2n) is 6.42. The number of carbonyl (C=O) groups excluding carboxylic acids is 1. The average molecular weight is 367 g/mol. The highest BCUT2D eigenvalue weighted by Crippen LogP contribution is 2.22. The number of pyridine rings is 1. The molecule has 2 aromatic heterocycles. The Morgan fingerprint density at radius 2 is 1.93 bits per heavy atom. The number of nitrogens with zero attached hydrogens (tertiary/aromatic N) is 3. The number of nitrogens with two attached hydrogens (primary N) is 1. The Morgan fingerprint density at radius 3 is 2.48 bits per heavy atom. The molecule has 8 nitrogen and oxygen atoms in total. The molecule has 3 N–H and O–H groups in total. The molecule has 0 aliphatic heterocycles. The maximum absolute atomic E-state index is 12.6. The minimum Gasteiger partial charge on any atom is -0.497 e. The molecule has 0 saturated carbocycles. The van der Waals surface area contributed by atoms with Crippen molar-refractivity contribution in [3.05, 3.63) is 58.3 Å². The van der Waals surface area contributed by atoms with Gasteiger partial charge in [-0.05, 0) is 42.3 Å². The zero-order valence-electron chi connectivity index (χ0n) is 15.4. The van der Waals surface area contributed by atoms with Gasteiger partial charge in [0, 0.05) is 5.69 Å². The molecule has 1 aromatic carbocycles. The minimum atomic E-state index is -0.544. The lowest BCUT2D eigenvalue weighted by Crippen LogP contribution is -2.14. The van der Waals surface area contributed by atoms with Gasteiger partial charge in [-0.25, -0.2) is 9.67 Å².